The number of ether oxygens (including phenoxy) is 3. The lowest BCUT2D eigenvalue weighted by molar-refractivity contribution is -0.124. The molecule has 0 unspecified atom stereocenters. The van der Waals surface area contributed by atoms with E-state index in [9.17, 15) is 9.59 Å². The number of aryl methyl sites for hydroxylation is 1. The highest BCUT2D eigenvalue weighted by Gasteiger charge is 2.16. The molecule has 0 aliphatic carbocycles. The average molecular weight is 343 g/mol. The van der Waals surface area contributed by atoms with E-state index in [1.165, 1.54) is 20.3 Å². The van der Waals surface area contributed by atoms with Crippen LogP contribution >= 0.6 is 0 Å². The van der Waals surface area contributed by atoms with Gasteiger partial charge in [0.25, 0.3) is 5.91 Å². The van der Waals surface area contributed by atoms with Crippen molar-refractivity contribution in [1.82, 2.24) is 5.32 Å². The molecule has 132 valence electrons. The van der Waals surface area contributed by atoms with Gasteiger partial charge >= 0.3 is 5.97 Å². The Kier molecular flexibility index (Phi) is 6.39. The number of carbonyl (C=O) groups excluding carboxylic acids is 2. The highest BCUT2D eigenvalue weighted by Crippen LogP contribution is 2.25. The summed E-state index contributed by atoms with van der Waals surface area (Å²) in [4.78, 5) is 24.0. The van der Waals surface area contributed by atoms with Crippen molar-refractivity contribution < 1.29 is 23.8 Å². The minimum absolute atomic E-state index is 0.231. The molecule has 6 nitrogen and oxygen atoms in total. The Morgan fingerprint density at radius 1 is 1.04 bits per heavy atom. The summed E-state index contributed by atoms with van der Waals surface area (Å²) in [6.45, 7) is 2.00. The van der Waals surface area contributed by atoms with E-state index in [1.54, 1.807) is 12.1 Å². The van der Waals surface area contributed by atoms with Crippen molar-refractivity contribution >= 4 is 11.9 Å². The number of carbonyl (C=O) groups is 2. The quantitative estimate of drug-likeness (QED) is 0.782. The van der Waals surface area contributed by atoms with Crippen molar-refractivity contribution in [3.05, 3.63) is 59.2 Å². The predicted octanol–water partition coefficient (Wildman–Crippen LogP) is 2.49. The minimum atomic E-state index is -0.634. The van der Waals surface area contributed by atoms with Gasteiger partial charge in [0.05, 0.1) is 14.2 Å². The molecule has 0 heterocycles. The zero-order chi connectivity index (χ0) is 18.2. The van der Waals surface area contributed by atoms with Crippen LogP contribution in [0, 0.1) is 6.92 Å². The largest absolute Gasteiger partial charge is 0.497 e. The molecule has 1 amide bonds. The standard InChI is InChI=1S/C19H21NO5/c1-13-5-4-6-14(9-13)11-20-18(21)12-25-19(22)16-8-7-15(23-2)10-17(16)24-3/h4-10H,11-12H2,1-3H3,(H,20,21). The number of benzene rings is 2. The highest BCUT2D eigenvalue weighted by atomic mass is 16.5. The van der Waals surface area contributed by atoms with E-state index in [2.05, 4.69) is 5.32 Å². The fourth-order valence-corrected chi connectivity index (χ4v) is 2.25. The van der Waals surface area contributed by atoms with Gasteiger partial charge < -0.3 is 19.5 Å². The van der Waals surface area contributed by atoms with Crippen LogP contribution in [0.3, 0.4) is 0 Å². The highest BCUT2D eigenvalue weighted by molar-refractivity contribution is 5.94. The Hall–Kier alpha value is -3.02. The van der Waals surface area contributed by atoms with E-state index >= 15 is 0 Å². The Balaban J connectivity index is 1.88. The summed E-state index contributed by atoms with van der Waals surface area (Å²) in [7, 11) is 2.96. The third-order valence-corrected chi connectivity index (χ3v) is 3.54. The molecule has 0 bridgehead atoms. The summed E-state index contributed by atoms with van der Waals surface area (Å²) in [5, 5.41) is 2.71. The molecule has 0 aliphatic heterocycles. The fourth-order valence-electron chi connectivity index (χ4n) is 2.25. The van der Waals surface area contributed by atoms with Crippen LogP contribution in [0.1, 0.15) is 21.5 Å². The Morgan fingerprint density at radius 3 is 2.52 bits per heavy atom. The Bertz CT molecular complexity index is 757. The molecule has 2 rings (SSSR count). The predicted molar refractivity (Wildman–Crippen MR) is 92.9 cm³/mol. The SMILES string of the molecule is COc1ccc(C(=O)OCC(=O)NCc2cccc(C)c2)c(OC)c1. The van der Waals surface area contributed by atoms with Crippen molar-refractivity contribution in [2.45, 2.75) is 13.5 Å². The number of methoxy groups -OCH3 is 2. The smallest absolute Gasteiger partial charge is 0.342 e. The van der Waals surface area contributed by atoms with Crippen LogP contribution in [0.5, 0.6) is 11.5 Å². The van der Waals surface area contributed by atoms with Crippen LogP contribution in [0.2, 0.25) is 0 Å². The van der Waals surface area contributed by atoms with Crippen molar-refractivity contribution in [2.24, 2.45) is 0 Å². The van der Waals surface area contributed by atoms with Crippen LogP contribution in [0.15, 0.2) is 42.5 Å². The number of hydrogen-bond donors (Lipinski definition) is 1. The first-order chi connectivity index (χ1) is 12.0. The Morgan fingerprint density at radius 2 is 1.84 bits per heavy atom. The zero-order valence-corrected chi connectivity index (χ0v) is 14.5. The second-order valence-corrected chi connectivity index (χ2v) is 5.41. The molecule has 0 spiro atoms. The number of hydrogen-bond acceptors (Lipinski definition) is 5. The number of esters is 1. The maximum atomic E-state index is 12.1. The van der Waals surface area contributed by atoms with Crippen LogP contribution in [-0.4, -0.2) is 32.7 Å². The van der Waals surface area contributed by atoms with Gasteiger partial charge in [-0.15, -0.1) is 0 Å². The molecule has 2 aromatic carbocycles. The zero-order valence-electron chi connectivity index (χ0n) is 14.5. The molecule has 2 aromatic rings. The van der Waals surface area contributed by atoms with E-state index < -0.39 is 5.97 Å². The summed E-state index contributed by atoms with van der Waals surface area (Å²) < 4.78 is 15.3. The molecule has 0 fully saturated rings. The summed E-state index contributed by atoms with van der Waals surface area (Å²) in [6, 6.07) is 12.5. The van der Waals surface area contributed by atoms with Gasteiger partial charge in [-0.3, -0.25) is 4.79 Å². The van der Waals surface area contributed by atoms with E-state index in [4.69, 9.17) is 14.2 Å². The topological polar surface area (TPSA) is 73.9 Å². The summed E-state index contributed by atoms with van der Waals surface area (Å²) >= 11 is 0. The fraction of sp³-hybridized carbons (Fsp3) is 0.263. The molecule has 6 heteroatoms. The van der Waals surface area contributed by atoms with Gasteiger partial charge in [-0.2, -0.15) is 0 Å². The van der Waals surface area contributed by atoms with E-state index in [1.807, 2.05) is 31.2 Å². The third kappa shape index (κ3) is 5.24. The van der Waals surface area contributed by atoms with Crippen LogP contribution in [-0.2, 0) is 16.1 Å². The first-order valence-electron chi connectivity index (χ1n) is 7.75. The molecule has 0 saturated carbocycles. The molecule has 0 aliphatic rings. The van der Waals surface area contributed by atoms with Crippen molar-refractivity contribution in [2.75, 3.05) is 20.8 Å². The monoisotopic (exact) mass is 343 g/mol. The van der Waals surface area contributed by atoms with Gasteiger partial charge in [0, 0.05) is 12.6 Å². The van der Waals surface area contributed by atoms with E-state index in [0.717, 1.165) is 11.1 Å². The average Bonchev–Trinajstić information content (AvgIpc) is 2.63. The van der Waals surface area contributed by atoms with Crippen molar-refractivity contribution in [3.8, 4) is 11.5 Å². The molecule has 0 atom stereocenters. The second-order valence-electron chi connectivity index (χ2n) is 5.41. The molecule has 25 heavy (non-hydrogen) atoms. The van der Waals surface area contributed by atoms with Gasteiger partial charge in [0.1, 0.15) is 17.1 Å². The van der Waals surface area contributed by atoms with Gasteiger partial charge in [-0.25, -0.2) is 4.79 Å². The maximum absolute atomic E-state index is 12.1. The lowest BCUT2D eigenvalue weighted by Crippen LogP contribution is -2.28. The first-order valence-corrected chi connectivity index (χ1v) is 7.75. The van der Waals surface area contributed by atoms with Gasteiger partial charge in [0.2, 0.25) is 0 Å². The molecule has 0 aromatic heterocycles. The summed E-state index contributed by atoms with van der Waals surface area (Å²) in [5.41, 5.74) is 2.33. The van der Waals surface area contributed by atoms with Crippen molar-refractivity contribution in [1.29, 1.82) is 0 Å². The summed E-state index contributed by atoms with van der Waals surface area (Å²) in [5.74, 6) is -0.124. The van der Waals surface area contributed by atoms with Gasteiger partial charge in [-0.1, -0.05) is 29.8 Å². The van der Waals surface area contributed by atoms with Gasteiger partial charge in [-0.05, 0) is 24.6 Å². The lowest BCUT2D eigenvalue weighted by atomic mass is 10.1. The Labute approximate surface area is 146 Å². The molecule has 1 N–H and O–H groups in total. The van der Waals surface area contributed by atoms with Crippen LogP contribution < -0.4 is 14.8 Å². The molecular formula is C19H21NO5. The second kappa shape index (κ2) is 8.73. The third-order valence-electron chi connectivity index (χ3n) is 3.54. The lowest BCUT2D eigenvalue weighted by Gasteiger charge is -2.10. The van der Waals surface area contributed by atoms with Crippen LogP contribution in [0.4, 0.5) is 0 Å². The van der Waals surface area contributed by atoms with E-state index in [-0.39, 0.29) is 18.1 Å². The van der Waals surface area contributed by atoms with Crippen molar-refractivity contribution in [3.63, 3.8) is 0 Å². The summed E-state index contributed by atoms with van der Waals surface area (Å²) in [6.07, 6.45) is 0. The number of amides is 1. The van der Waals surface area contributed by atoms with Gasteiger partial charge in [0.15, 0.2) is 6.61 Å². The normalized spacial score (nSPS) is 10.0. The number of nitrogens with one attached hydrogen (secondary N) is 1. The van der Waals surface area contributed by atoms with Crippen LogP contribution in [0.25, 0.3) is 0 Å². The number of rotatable bonds is 7. The maximum Gasteiger partial charge on any atom is 0.342 e. The molecule has 0 saturated heterocycles. The molecular weight excluding hydrogens is 322 g/mol. The minimum Gasteiger partial charge on any atom is -0.497 e. The van der Waals surface area contributed by atoms with E-state index in [0.29, 0.717) is 18.0 Å². The molecule has 0 radical (unpaired) electrons. The first kappa shape index (κ1) is 18.3.